The van der Waals surface area contributed by atoms with E-state index in [1.165, 1.54) is 19.5 Å². The van der Waals surface area contributed by atoms with E-state index in [9.17, 15) is 0 Å². The van der Waals surface area contributed by atoms with Crippen LogP contribution in [0.25, 0.3) is 0 Å². The molecule has 2 aliphatic heterocycles. The van der Waals surface area contributed by atoms with Gasteiger partial charge >= 0.3 is 0 Å². The summed E-state index contributed by atoms with van der Waals surface area (Å²) in [5.74, 6) is 0.688. The molecule has 2 fully saturated rings. The Morgan fingerprint density at radius 3 is 2.43 bits per heavy atom. The molecule has 2 aliphatic rings. The normalized spacial score (nSPS) is 28.7. The van der Waals surface area contributed by atoms with Crippen LogP contribution in [0.5, 0.6) is 0 Å². The van der Waals surface area contributed by atoms with Crippen molar-refractivity contribution in [2.24, 2.45) is 5.92 Å². The highest BCUT2D eigenvalue weighted by Crippen LogP contribution is 2.22. The van der Waals surface area contributed by atoms with Crippen LogP contribution in [0.2, 0.25) is 0 Å². The van der Waals surface area contributed by atoms with E-state index in [-0.39, 0.29) is 5.54 Å². The van der Waals surface area contributed by atoms with Gasteiger partial charge < -0.3 is 10.1 Å². The van der Waals surface area contributed by atoms with Crippen molar-refractivity contribution < 1.29 is 4.74 Å². The molecule has 0 saturated carbocycles. The first kappa shape index (κ1) is 17.2. The van der Waals surface area contributed by atoms with Crippen LogP contribution in [-0.2, 0) is 4.74 Å². The molecule has 0 radical (unpaired) electrons. The minimum atomic E-state index is 0.218. The molecule has 2 rings (SSSR count). The van der Waals surface area contributed by atoms with E-state index in [1.807, 2.05) is 0 Å². The first-order valence-electron chi connectivity index (χ1n) is 8.67. The number of nitrogens with one attached hydrogen (secondary N) is 1. The summed E-state index contributed by atoms with van der Waals surface area (Å²) < 4.78 is 5.47. The number of likely N-dealkylation sites (tertiary alicyclic amines) is 1. The fourth-order valence-corrected chi connectivity index (χ4v) is 3.38. The van der Waals surface area contributed by atoms with E-state index < -0.39 is 0 Å². The Balaban J connectivity index is 1.77. The van der Waals surface area contributed by atoms with Crippen LogP contribution in [0.4, 0.5) is 0 Å². The Hall–Kier alpha value is -0.160. The van der Waals surface area contributed by atoms with Crippen molar-refractivity contribution in [2.45, 2.75) is 58.7 Å². The number of nitrogens with zero attached hydrogens (tertiary/aromatic N) is 2. The van der Waals surface area contributed by atoms with E-state index in [0.717, 1.165) is 38.9 Å². The first-order valence-corrected chi connectivity index (χ1v) is 8.67. The number of rotatable bonds is 5. The molecule has 0 spiro atoms. The van der Waals surface area contributed by atoms with E-state index in [0.29, 0.717) is 12.0 Å². The van der Waals surface area contributed by atoms with Crippen LogP contribution in [0, 0.1) is 5.92 Å². The molecule has 0 amide bonds. The lowest BCUT2D eigenvalue weighted by molar-refractivity contribution is 0.0171. The van der Waals surface area contributed by atoms with Gasteiger partial charge in [0.05, 0.1) is 13.2 Å². The average molecular weight is 297 g/mol. The van der Waals surface area contributed by atoms with Gasteiger partial charge in [-0.2, -0.15) is 0 Å². The van der Waals surface area contributed by atoms with Crippen molar-refractivity contribution in [3.63, 3.8) is 0 Å². The Kier molecular flexibility index (Phi) is 6.06. The Morgan fingerprint density at radius 2 is 1.81 bits per heavy atom. The summed E-state index contributed by atoms with van der Waals surface area (Å²) in [6.07, 6.45) is 1.32. The summed E-state index contributed by atoms with van der Waals surface area (Å²) in [6, 6.07) is 1.41. The maximum Gasteiger partial charge on any atom is 0.0594 e. The average Bonchev–Trinajstić information content (AvgIpc) is 2.94. The zero-order chi connectivity index (χ0) is 15.5. The zero-order valence-corrected chi connectivity index (χ0v) is 14.7. The van der Waals surface area contributed by atoms with Gasteiger partial charge in [-0.25, -0.2) is 0 Å². The predicted octanol–water partition coefficient (Wildman–Crippen LogP) is 1.81. The number of ether oxygens (including phenoxy) is 1. The van der Waals surface area contributed by atoms with Gasteiger partial charge in [0.25, 0.3) is 0 Å². The smallest absolute Gasteiger partial charge is 0.0594 e. The summed E-state index contributed by atoms with van der Waals surface area (Å²) in [4.78, 5) is 5.32. The Bertz CT molecular complexity index is 310. The van der Waals surface area contributed by atoms with Crippen molar-refractivity contribution in [1.29, 1.82) is 0 Å². The topological polar surface area (TPSA) is 27.7 Å². The molecule has 2 saturated heterocycles. The molecule has 1 N–H and O–H groups in total. The summed E-state index contributed by atoms with van der Waals surface area (Å²) >= 11 is 0. The lowest BCUT2D eigenvalue weighted by Gasteiger charge is -2.34. The molecule has 0 bridgehead atoms. The number of hydrogen-bond donors (Lipinski definition) is 1. The molecule has 21 heavy (non-hydrogen) atoms. The fourth-order valence-electron chi connectivity index (χ4n) is 3.38. The van der Waals surface area contributed by atoms with Crippen LogP contribution >= 0.6 is 0 Å². The minimum Gasteiger partial charge on any atom is -0.379 e. The third-order valence-electron chi connectivity index (χ3n) is 5.11. The highest BCUT2D eigenvalue weighted by molar-refractivity contribution is 4.88. The van der Waals surface area contributed by atoms with Crippen LogP contribution in [0.3, 0.4) is 0 Å². The molecule has 0 aromatic rings. The molecule has 2 heterocycles. The lowest BCUT2D eigenvalue weighted by atomic mass is 10.00. The zero-order valence-electron chi connectivity index (χ0n) is 14.7. The van der Waals surface area contributed by atoms with E-state index >= 15 is 0 Å². The van der Waals surface area contributed by atoms with Crippen molar-refractivity contribution in [2.75, 3.05) is 45.9 Å². The summed E-state index contributed by atoms with van der Waals surface area (Å²) in [5.41, 5.74) is 0.218. The molecular weight excluding hydrogens is 262 g/mol. The Morgan fingerprint density at radius 1 is 1.14 bits per heavy atom. The van der Waals surface area contributed by atoms with Crippen molar-refractivity contribution >= 4 is 0 Å². The fraction of sp³-hybridized carbons (Fsp3) is 1.00. The maximum absolute atomic E-state index is 5.47. The van der Waals surface area contributed by atoms with Gasteiger partial charge in [-0.1, -0.05) is 6.92 Å². The van der Waals surface area contributed by atoms with E-state index in [1.54, 1.807) is 0 Å². The SMILES string of the molecule is CC(CNC(C)(C)C)C(C)N1CCC(N2CCOCC2)C1. The van der Waals surface area contributed by atoms with Crippen molar-refractivity contribution in [3.8, 4) is 0 Å². The number of hydrogen-bond acceptors (Lipinski definition) is 4. The van der Waals surface area contributed by atoms with Crippen LogP contribution in [0.15, 0.2) is 0 Å². The van der Waals surface area contributed by atoms with Gasteiger partial charge in [0.15, 0.2) is 0 Å². The van der Waals surface area contributed by atoms with Gasteiger partial charge in [0.2, 0.25) is 0 Å². The summed E-state index contributed by atoms with van der Waals surface area (Å²) in [7, 11) is 0. The highest BCUT2D eigenvalue weighted by Gasteiger charge is 2.32. The maximum atomic E-state index is 5.47. The first-order chi connectivity index (χ1) is 9.87. The van der Waals surface area contributed by atoms with Gasteiger partial charge in [-0.15, -0.1) is 0 Å². The predicted molar refractivity (Wildman–Crippen MR) is 88.8 cm³/mol. The van der Waals surface area contributed by atoms with E-state index in [4.69, 9.17) is 4.74 Å². The monoisotopic (exact) mass is 297 g/mol. The second kappa shape index (κ2) is 7.40. The van der Waals surface area contributed by atoms with Crippen LogP contribution in [-0.4, -0.2) is 73.4 Å². The molecule has 4 nitrogen and oxygen atoms in total. The van der Waals surface area contributed by atoms with E-state index in [2.05, 4.69) is 49.7 Å². The van der Waals surface area contributed by atoms with Gasteiger partial charge in [0.1, 0.15) is 0 Å². The van der Waals surface area contributed by atoms with Gasteiger partial charge in [0, 0.05) is 43.8 Å². The lowest BCUT2D eigenvalue weighted by Crippen LogP contribution is -2.47. The molecule has 3 atom stereocenters. The quantitative estimate of drug-likeness (QED) is 0.837. The summed E-state index contributed by atoms with van der Waals surface area (Å²) in [6.45, 7) is 19.2. The molecule has 0 aromatic carbocycles. The summed E-state index contributed by atoms with van der Waals surface area (Å²) in [5, 5.41) is 3.65. The molecule has 0 aliphatic carbocycles. The highest BCUT2D eigenvalue weighted by atomic mass is 16.5. The van der Waals surface area contributed by atoms with Crippen LogP contribution < -0.4 is 5.32 Å². The van der Waals surface area contributed by atoms with Gasteiger partial charge in [-0.05, 0) is 46.6 Å². The van der Waals surface area contributed by atoms with Gasteiger partial charge in [-0.3, -0.25) is 9.80 Å². The molecular formula is C17H35N3O. The third-order valence-corrected chi connectivity index (χ3v) is 5.11. The molecule has 124 valence electrons. The molecule has 0 aromatic heterocycles. The van der Waals surface area contributed by atoms with Crippen molar-refractivity contribution in [1.82, 2.24) is 15.1 Å². The largest absolute Gasteiger partial charge is 0.379 e. The van der Waals surface area contributed by atoms with Crippen molar-refractivity contribution in [3.05, 3.63) is 0 Å². The number of morpholine rings is 1. The second-order valence-electron chi connectivity index (χ2n) is 7.93. The molecule has 3 unspecified atom stereocenters. The van der Waals surface area contributed by atoms with Crippen LogP contribution in [0.1, 0.15) is 41.0 Å². The molecule has 4 heteroatoms. The standard InChI is InChI=1S/C17H35N3O/c1-14(12-18-17(3,4)5)15(2)20-7-6-16(13-20)19-8-10-21-11-9-19/h14-16,18H,6-13H2,1-5H3. The third kappa shape index (κ3) is 5.20. The minimum absolute atomic E-state index is 0.218. The second-order valence-corrected chi connectivity index (χ2v) is 7.93. The Labute approximate surface area is 131 Å².